The predicted molar refractivity (Wildman–Crippen MR) is 177 cm³/mol. The smallest absolute Gasteiger partial charge is 0.456 e. The van der Waals surface area contributed by atoms with Crippen LogP contribution in [0.4, 0.5) is 4.39 Å². The Bertz CT molecular complexity index is 2810. The van der Waals surface area contributed by atoms with Gasteiger partial charge >= 0.3 is 20.4 Å². The zero-order valence-electron chi connectivity index (χ0n) is 24.0. The van der Waals surface area contributed by atoms with Gasteiger partial charge in [-0.1, -0.05) is 58.4 Å². The van der Waals surface area contributed by atoms with E-state index in [1.807, 2.05) is 83.4 Å². The van der Waals surface area contributed by atoms with Gasteiger partial charge in [-0.05, 0) is 41.8 Å². The van der Waals surface area contributed by atoms with E-state index in [2.05, 4.69) is 45.9 Å². The predicted octanol–water partition coefficient (Wildman–Crippen LogP) is 9.69. The number of furan rings is 1. The fraction of sp³-hybridized carbons (Fsp3) is 0.0256. The summed E-state index contributed by atoms with van der Waals surface area (Å²) in [6.07, 6.45) is 4.04. The van der Waals surface area contributed by atoms with Crippen molar-refractivity contribution in [1.29, 1.82) is 0 Å². The molecule has 10 aromatic rings. The Kier molecular flexibility index (Phi) is 5.92. The van der Waals surface area contributed by atoms with Gasteiger partial charge in [0.15, 0.2) is 0 Å². The maximum absolute atomic E-state index is 16.5. The number of fused-ring (bicyclic) bond motifs is 13. The maximum atomic E-state index is 16.5. The summed E-state index contributed by atoms with van der Waals surface area (Å²) in [5, 5.41) is 7.00. The molecule has 0 aliphatic heterocycles. The molecule has 0 fully saturated rings. The average Bonchev–Trinajstić information content (AvgIpc) is 3.82. The van der Waals surface area contributed by atoms with E-state index in [9.17, 15) is 0 Å². The van der Waals surface area contributed by atoms with Gasteiger partial charge in [-0.2, -0.15) is 18.2 Å². The first kappa shape index (κ1) is 27.0. The number of alkyl halides is 1. The van der Waals surface area contributed by atoms with Crippen molar-refractivity contribution >= 4 is 71.2 Å². The molecule has 5 aromatic carbocycles. The van der Waals surface area contributed by atoms with Crippen LogP contribution in [0.1, 0.15) is 17.3 Å². The van der Waals surface area contributed by atoms with Gasteiger partial charge in [0.1, 0.15) is 23.0 Å². The van der Waals surface area contributed by atoms with Crippen LogP contribution in [0.2, 0.25) is 0 Å². The van der Waals surface area contributed by atoms with Crippen molar-refractivity contribution in [3.63, 3.8) is 0 Å². The van der Waals surface area contributed by atoms with Gasteiger partial charge in [0.2, 0.25) is 0 Å². The van der Waals surface area contributed by atoms with Gasteiger partial charge in [-0.3, -0.25) is 4.98 Å². The quantitative estimate of drug-likeness (QED) is 0.106. The molecule has 5 heterocycles. The molecule has 7 heteroatoms. The Morgan fingerprint density at radius 2 is 1.41 bits per heavy atom. The maximum Gasteiger partial charge on any atom is 2.00 e. The molecule has 5 aromatic heterocycles. The van der Waals surface area contributed by atoms with E-state index in [0.29, 0.717) is 16.8 Å². The van der Waals surface area contributed by atoms with Crippen LogP contribution in [0.3, 0.4) is 0 Å². The first-order chi connectivity index (χ1) is 22.2. The van der Waals surface area contributed by atoms with Crippen LogP contribution in [0, 0.1) is 12.1 Å². The molecule has 0 saturated heterocycles. The summed E-state index contributed by atoms with van der Waals surface area (Å²) in [5.74, 6) is 0. The van der Waals surface area contributed by atoms with Crippen molar-refractivity contribution in [3.8, 4) is 5.69 Å². The third-order valence-electron chi connectivity index (χ3n) is 8.91. The summed E-state index contributed by atoms with van der Waals surface area (Å²) in [6, 6.07) is 40.5. The SMILES string of the molecule is FC(c1[c-]c(-n2c3ccc4oc5ccccc5c4c3c3cccnc32)ccc1)c1[c-]c2c(cc1)c1ccccc1n1ccnc21.[Pd+2]. The molecule has 0 bridgehead atoms. The molecule has 0 radical (unpaired) electrons. The Morgan fingerprint density at radius 3 is 2.35 bits per heavy atom. The van der Waals surface area contributed by atoms with Gasteiger partial charge in [-0.25, -0.2) is 9.37 Å². The van der Waals surface area contributed by atoms with Crippen LogP contribution in [-0.4, -0.2) is 18.9 Å². The number of benzene rings is 5. The van der Waals surface area contributed by atoms with Gasteiger partial charge in [0.05, 0.1) is 11.2 Å². The molecule has 5 nitrogen and oxygen atoms in total. The monoisotopic (exact) mass is 686 g/mol. The normalized spacial score (nSPS) is 12.6. The van der Waals surface area contributed by atoms with E-state index >= 15 is 4.39 Å². The number of halogens is 1. The van der Waals surface area contributed by atoms with Crippen molar-refractivity contribution in [2.45, 2.75) is 6.17 Å². The van der Waals surface area contributed by atoms with Gasteiger partial charge < -0.3 is 13.4 Å². The molecule has 0 aliphatic carbocycles. The van der Waals surface area contributed by atoms with Crippen LogP contribution >= 0.6 is 0 Å². The Balaban J connectivity index is 0.00000292. The van der Waals surface area contributed by atoms with Gasteiger partial charge in [-0.15, -0.1) is 29.8 Å². The van der Waals surface area contributed by atoms with Crippen molar-refractivity contribution in [2.75, 3.05) is 0 Å². The largest absolute Gasteiger partial charge is 2.00 e. The van der Waals surface area contributed by atoms with Crippen LogP contribution in [0.25, 0.3) is 76.9 Å². The molecule has 0 spiro atoms. The van der Waals surface area contributed by atoms with Gasteiger partial charge in [0.25, 0.3) is 0 Å². The first-order valence-corrected chi connectivity index (χ1v) is 14.8. The van der Waals surface area contributed by atoms with Crippen molar-refractivity contribution in [2.24, 2.45) is 0 Å². The third kappa shape index (κ3) is 3.70. The fourth-order valence-corrected chi connectivity index (χ4v) is 6.97. The summed E-state index contributed by atoms with van der Waals surface area (Å²) >= 11 is 0. The number of hydrogen-bond acceptors (Lipinski definition) is 3. The number of rotatable bonds is 3. The molecular formula is C39H21FN4OPd. The molecule has 0 amide bonds. The first-order valence-electron chi connectivity index (χ1n) is 14.8. The van der Waals surface area contributed by atoms with Crippen LogP contribution in [-0.2, 0) is 20.4 Å². The summed E-state index contributed by atoms with van der Waals surface area (Å²) < 4.78 is 26.8. The summed E-state index contributed by atoms with van der Waals surface area (Å²) in [6.45, 7) is 0. The molecule has 220 valence electrons. The van der Waals surface area contributed by atoms with Crippen molar-refractivity contribution < 1.29 is 29.2 Å². The van der Waals surface area contributed by atoms with E-state index in [0.717, 1.165) is 71.2 Å². The average molecular weight is 687 g/mol. The topological polar surface area (TPSA) is 48.3 Å². The molecular weight excluding hydrogens is 666 g/mol. The van der Waals surface area contributed by atoms with Crippen molar-refractivity contribution in [3.05, 3.63) is 145 Å². The number of hydrogen-bond donors (Lipinski definition) is 0. The van der Waals surface area contributed by atoms with E-state index in [-0.39, 0.29) is 20.4 Å². The molecule has 0 aliphatic rings. The van der Waals surface area contributed by atoms with E-state index in [4.69, 9.17) is 9.40 Å². The molecule has 10 rings (SSSR count). The van der Waals surface area contributed by atoms with Crippen LogP contribution < -0.4 is 0 Å². The minimum Gasteiger partial charge on any atom is -0.456 e. The zero-order valence-corrected chi connectivity index (χ0v) is 25.6. The molecule has 1 unspecified atom stereocenters. The third-order valence-corrected chi connectivity index (χ3v) is 8.91. The van der Waals surface area contributed by atoms with Crippen LogP contribution in [0.5, 0.6) is 0 Å². The van der Waals surface area contributed by atoms with E-state index in [1.54, 1.807) is 18.5 Å². The second-order valence-corrected chi connectivity index (χ2v) is 11.3. The minimum atomic E-state index is -1.44. The van der Waals surface area contributed by atoms with Crippen molar-refractivity contribution in [1.82, 2.24) is 18.9 Å². The molecule has 46 heavy (non-hydrogen) atoms. The second kappa shape index (κ2) is 10.1. The fourth-order valence-electron chi connectivity index (χ4n) is 6.97. The van der Waals surface area contributed by atoms with E-state index < -0.39 is 6.17 Å². The number of aromatic nitrogens is 4. The summed E-state index contributed by atoms with van der Waals surface area (Å²) in [4.78, 5) is 9.38. The number of nitrogens with zero attached hydrogens (tertiary/aromatic N) is 4. The standard InChI is InChI=1S/C39H21FN4O.Pd/c40-37(24-14-15-26-27-9-1-3-12-31(27)43-20-19-42-38(43)30(26)22-24)23-7-5-8-25(21-23)44-32-16-17-34-36(28-10-2-4-13-33(28)45-34)35(32)29-11-6-18-41-39(29)44;/h1-20,37H;/q-2;+2. The summed E-state index contributed by atoms with van der Waals surface area (Å²) in [5.41, 5.74) is 6.76. The Hall–Kier alpha value is -5.35. The summed E-state index contributed by atoms with van der Waals surface area (Å²) in [7, 11) is 0. The number of para-hydroxylation sites is 2. The molecule has 0 saturated carbocycles. The Morgan fingerprint density at radius 1 is 0.609 bits per heavy atom. The molecule has 0 N–H and O–H groups in total. The van der Waals surface area contributed by atoms with Gasteiger partial charge in [0, 0.05) is 45.7 Å². The Labute approximate surface area is 275 Å². The molecule has 1 atom stereocenters. The van der Waals surface area contributed by atoms with Crippen LogP contribution in [0.15, 0.2) is 126 Å². The second-order valence-electron chi connectivity index (χ2n) is 11.3. The number of pyridine rings is 2. The van der Waals surface area contributed by atoms with E-state index in [1.165, 1.54) is 0 Å². The zero-order chi connectivity index (χ0) is 29.6. The number of imidazole rings is 1. The minimum absolute atomic E-state index is 0.